The van der Waals surface area contributed by atoms with Gasteiger partial charge < -0.3 is 30.4 Å². The van der Waals surface area contributed by atoms with E-state index in [9.17, 15) is 25.5 Å². The summed E-state index contributed by atoms with van der Waals surface area (Å²) in [6, 6.07) is 44.6. The number of nitrogens with zero attached hydrogens (tertiary/aromatic N) is 2. The van der Waals surface area contributed by atoms with Gasteiger partial charge in [0.25, 0.3) is 0 Å². The predicted octanol–water partition coefficient (Wildman–Crippen LogP) is 10.4. The third kappa shape index (κ3) is 5.21. The molecule has 0 bridgehead atoms. The van der Waals surface area contributed by atoms with Crippen molar-refractivity contribution in [3.8, 4) is 62.3 Å². The van der Waals surface area contributed by atoms with Crippen LogP contribution in [0.4, 0.5) is 17.1 Å². The molecule has 0 aliphatic carbocycles. The summed E-state index contributed by atoms with van der Waals surface area (Å²) in [4.78, 5) is 7.07. The van der Waals surface area contributed by atoms with E-state index in [0.717, 1.165) is 54.1 Å². The fourth-order valence-electron chi connectivity index (χ4n) is 6.20. The van der Waals surface area contributed by atoms with Crippen LogP contribution in [-0.4, -0.2) is 30.5 Å². The highest BCUT2D eigenvalue weighted by molar-refractivity contribution is 7.25. The van der Waals surface area contributed by atoms with E-state index in [1.807, 2.05) is 66.9 Å². The van der Waals surface area contributed by atoms with Crippen LogP contribution in [0.2, 0.25) is 0 Å². The molecule has 0 aliphatic rings. The number of hydrogen-bond donors (Lipinski definition) is 5. The van der Waals surface area contributed by atoms with E-state index >= 15 is 0 Å². The summed E-state index contributed by atoms with van der Waals surface area (Å²) in [5.41, 5.74) is 7.24. The highest BCUT2D eigenvalue weighted by Gasteiger charge is 2.24. The molecule has 0 aliphatic heterocycles. The van der Waals surface area contributed by atoms with Gasteiger partial charge in [-0.2, -0.15) is 0 Å². The minimum atomic E-state index is -0.985. The van der Waals surface area contributed by atoms with Gasteiger partial charge in [-0.25, -0.2) is 0 Å². The monoisotopic (exact) mass is 660 g/mol. The Morgan fingerprint density at radius 1 is 0.429 bits per heavy atom. The second-order valence-electron chi connectivity index (χ2n) is 11.6. The minimum Gasteiger partial charge on any atom is -0.504 e. The van der Waals surface area contributed by atoms with Gasteiger partial charge in [0.2, 0.25) is 17.2 Å². The SMILES string of the molecule is Oc1c(O)c(O)c(-c2ccc3c(c2)sc2ccc(-c4ccc(N(c5ccccc5)c5ccc(-c6ccccc6)cc5)cn4)cc23)c(O)c1O. The van der Waals surface area contributed by atoms with Crippen LogP contribution in [0.3, 0.4) is 0 Å². The summed E-state index contributed by atoms with van der Waals surface area (Å²) in [7, 11) is 0. The Morgan fingerprint density at radius 2 is 1.00 bits per heavy atom. The molecule has 0 radical (unpaired) electrons. The van der Waals surface area contributed by atoms with E-state index in [4.69, 9.17) is 4.98 Å². The fraction of sp³-hybridized carbons (Fsp3) is 0. The molecular formula is C41H28N2O5S. The third-order valence-electron chi connectivity index (χ3n) is 8.68. The summed E-state index contributed by atoms with van der Waals surface area (Å²) in [5, 5.41) is 52.8. The summed E-state index contributed by atoms with van der Waals surface area (Å²) >= 11 is 1.53. The number of anilines is 3. The van der Waals surface area contributed by atoms with Gasteiger partial charge in [0.05, 0.1) is 23.1 Å². The second kappa shape index (κ2) is 11.9. The first-order valence-electron chi connectivity index (χ1n) is 15.5. The fourth-order valence-corrected chi connectivity index (χ4v) is 7.32. The normalized spacial score (nSPS) is 11.3. The maximum Gasteiger partial charge on any atom is 0.208 e. The predicted molar refractivity (Wildman–Crippen MR) is 196 cm³/mol. The molecule has 238 valence electrons. The van der Waals surface area contributed by atoms with Crippen molar-refractivity contribution >= 4 is 48.6 Å². The highest BCUT2D eigenvalue weighted by Crippen LogP contribution is 2.55. The third-order valence-corrected chi connectivity index (χ3v) is 9.81. The molecular weight excluding hydrogens is 633 g/mol. The molecule has 2 heterocycles. The Labute approximate surface area is 285 Å². The number of aromatic nitrogens is 1. The minimum absolute atomic E-state index is 0.172. The zero-order valence-electron chi connectivity index (χ0n) is 25.8. The first kappa shape index (κ1) is 29.9. The van der Waals surface area contributed by atoms with E-state index in [0.29, 0.717) is 5.56 Å². The van der Waals surface area contributed by atoms with E-state index < -0.39 is 28.7 Å². The number of benzene rings is 6. The summed E-state index contributed by atoms with van der Waals surface area (Å²) in [6.45, 7) is 0. The molecule has 0 atom stereocenters. The highest BCUT2D eigenvalue weighted by atomic mass is 32.1. The lowest BCUT2D eigenvalue weighted by Crippen LogP contribution is -2.10. The number of thiophene rings is 1. The topological polar surface area (TPSA) is 117 Å². The molecule has 7 nitrogen and oxygen atoms in total. The van der Waals surface area contributed by atoms with Crippen LogP contribution in [0.1, 0.15) is 0 Å². The van der Waals surface area contributed by atoms with Crippen LogP contribution < -0.4 is 4.90 Å². The van der Waals surface area contributed by atoms with Crippen molar-refractivity contribution in [1.29, 1.82) is 0 Å². The molecule has 0 amide bonds. The first-order chi connectivity index (χ1) is 23.9. The maximum atomic E-state index is 10.5. The Morgan fingerprint density at radius 3 is 1.67 bits per heavy atom. The first-order valence-corrected chi connectivity index (χ1v) is 16.3. The van der Waals surface area contributed by atoms with Gasteiger partial charge in [-0.05, 0) is 71.3 Å². The molecule has 0 fully saturated rings. The van der Waals surface area contributed by atoms with Gasteiger partial charge in [0.1, 0.15) is 0 Å². The second-order valence-corrected chi connectivity index (χ2v) is 12.7. The van der Waals surface area contributed by atoms with Gasteiger partial charge >= 0.3 is 0 Å². The lowest BCUT2D eigenvalue weighted by atomic mass is 9.99. The number of rotatable bonds is 6. The zero-order valence-corrected chi connectivity index (χ0v) is 26.6. The average molecular weight is 661 g/mol. The van der Waals surface area contributed by atoms with Crippen molar-refractivity contribution in [2.75, 3.05) is 4.90 Å². The number of pyridine rings is 1. The van der Waals surface area contributed by atoms with Crippen LogP contribution in [0, 0.1) is 0 Å². The number of hydrogen-bond acceptors (Lipinski definition) is 8. The Bertz CT molecular complexity index is 2450. The van der Waals surface area contributed by atoms with Gasteiger partial charge in [-0.3, -0.25) is 4.98 Å². The lowest BCUT2D eigenvalue weighted by Gasteiger charge is -2.25. The van der Waals surface area contributed by atoms with Crippen molar-refractivity contribution in [3.05, 3.63) is 140 Å². The van der Waals surface area contributed by atoms with E-state index in [2.05, 4.69) is 65.6 Å². The van der Waals surface area contributed by atoms with E-state index in [-0.39, 0.29) is 5.56 Å². The van der Waals surface area contributed by atoms with Crippen molar-refractivity contribution in [1.82, 2.24) is 4.98 Å². The van der Waals surface area contributed by atoms with Crippen molar-refractivity contribution in [2.45, 2.75) is 0 Å². The number of aromatic hydroxyl groups is 5. The molecule has 6 aromatic carbocycles. The molecule has 0 saturated heterocycles. The van der Waals surface area contributed by atoms with Crippen LogP contribution in [0.5, 0.6) is 28.7 Å². The smallest absolute Gasteiger partial charge is 0.208 e. The molecule has 0 spiro atoms. The number of phenolic OH excluding ortho intramolecular Hbond substituents is 5. The molecule has 8 aromatic rings. The number of para-hydroxylation sites is 1. The number of fused-ring (bicyclic) bond motifs is 3. The molecule has 8 rings (SSSR count). The van der Waals surface area contributed by atoms with Gasteiger partial charge in [0, 0.05) is 37.1 Å². The van der Waals surface area contributed by atoms with Crippen molar-refractivity contribution in [3.63, 3.8) is 0 Å². The number of phenols is 5. The Balaban J connectivity index is 1.14. The Kier molecular flexibility index (Phi) is 7.27. The Hall–Kier alpha value is -6.51. The molecule has 0 unspecified atom stereocenters. The van der Waals surface area contributed by atoms with Crippen molar-refractivity contribution in [2.24, 2.45) is 0 Å². The van der Waals surface area contributed by atoms with Crippen LogP contribution in [0.15, 0.2) is 140 Å². The van der Waals surface area contributed by atoms with Gasteiger partial charge in [0.15, 0.2) is 11.5 Å². The molecule has 0 saturated carbocycles. The summed E-state index contributed by atoms with van der Waals surface area (Å²) in [6.07, 6.45) is 1.89. The van der Waals surface area contributed by atoms with Gasteiger partial charge in [-0.15, -0.1) is 11.3 Å². The largest absolute Gasteiger partial charge is 0.504 e. The molecule has 8 heteroatoms. The van der Waals surface area contributed by atoms with E-state index in [1.165, 1.54) is 16.9 Å². The van der Waals surface area contributed by atoms with Crippen LogP contribution in [0.25, 0.3) is 53.7 Å². The molecule has 5 N–H and O–H groups in total. The molecule has 2 aromatic heterocycles. The average Bonchev–Trinajstić information content (AvgIpc) is 3.52. The summed E-state index contributed by atoms with van der Waals surface area (Å²) in [5.74, 6) is -4.24. The quantitative estimate of drug-likeness (QED) is 0.0890. The maximum absolute atomic E-state index is 10.5. The van der Waals surface area contributed by atoms with E-state index in [1.54, 1.807) is 12.1 Å². The van der Waals surface area contributed by atoms with Crippen LogP contribution in [-0.2, 0) is 0 Å². The van der Waals surface area contributed by atoms with Crippen molar-refractivity contribution < 1.29 is 25.5 Å². The standard InChI is InChI=1S/C41H28N2O5S/c44-37-36(38(45)40(47)41(48)39(37)46)27-13-18-31-32-21-26(14-20-34(32)49-35(31)22-27)33-19-17-30(23-42-33)43(28-9-5-2-6-10-28)29-15-11-25(12-16-29)24-7-3-1-4-8-24/h1-23,44-48H. The van der Waals surface area contributed by atoms with Crippen LogP contribution >= 0.6 is 11.3 Å². The zero-order chi connectivity index (χ0) is 33.6. The van der Waals surface area contributed by atoms with Gasteiger partial charge in [-0.1, -0.05) is 78.9 Å². The summed E-state index contributed by atoms with van der Waals surface area (Å²) < 4.78 is 1.90. The molecule has 49 heavy (non-hydrogen) atoms. The lowest BCUT2D eigenvalue weighted by molar-refractivity contribution is 0.330.